The molecule has 1 spiro atoms. The molecule has 0 amide bonds. The van der Waals surface area contributed by atoms with Gasteiger partial charge in [-0.25, -0.2) is 4.98 Å². The van der Waals surface area contributed by atoms with Crippen LogP contribution in [-0.2, 0) is 5.41 Å². The lowest BCUT2D eigenvalue weighted by molar-refractivity contribution is 0.359. The van der Waals surface area contributed by atoms with Crippen LogP contribution in [0.5, 0.6) is 0 Å². The average molecular weight is 595 g/mol. The summed E-state index contributed by atoms with van der Waals surface area (Å²) in [6.45, 7) is 6.22. The smallest absolute Gasteiger partial charge is 0.202 e. The summed E-state index contributed by atoms with van der Waals surface area (Å²) in [7, 11) is 0. The number of rotatable bonds is 2. The number of nitrogens with zero attached hydrogens (tertiary/aromatic N) is 4. The van der Waals surface area contributed by atoms with E-state index < -0.39 is 0 Å². The molecule has 2 aliphatic carbocycles. The Morgan fingerprint density at radius 1 is 0.587 bits per heavy atom. The van der Waals surface area contributed by atoms with E-state index in [1.165, 1.54) is 60.8 Å². The lowest BCUT2D eigenvalue weighted by Gasteiger charge is -2.41. The molecule has 5 aromatic carbocycles. The van der Waals surface area contributed by atoms with Crippen molar-refractivity contribution in [1.29, 1.82) is 0 Å². The van der Waals surface area contributed by atoms with Gasteiger partial charge in [-0.05, 0) is 81.3 Å². The molecule has 4 heteroatoms. The van der Waals surface area contributed by atoms with E-state index in [1.54, 1.807) is 0 Å². The zero-order valence-electron chi connectivity index (χ0n) is 26.0. The van der Waals surface area contributed by atoms with E-state index in [2.05, 4.69) is 132 Å². The molecule has 0 unspecified atom stereocenters. The Bertz CT molecular complexity index is 2220. The number of fused-ring (bicyclic) bond motifs is 12. The highest BCUT2D eigenvalue weighted by Crippen LogP contribution is 2.63. The number of hydrogen-bond acceptors (Lipinski definition) is 4. The Morgan fingerprint density at radius 3 is 1.89 bits per heavy atom. The topological polar surface area (TPSA) is 31.7 Å². The van der Waals surface area contributed by atoms with Crippen LogP contribution >= 0.6 is 0 Å². The van der Waals surface area contributed by atoms with Crippen LogP contribution in [0.15, 0.2) is 120 Å². The highest BCUT2D eigenvalue weighted by atomic mass is 15.4. The number of hydrogen-bond donors (Lipinski definition) is 0. The SMILES string of the molecule is Cc1c(N2CCCN3CCCN=C32)nc(-c2ccc3c(c2)-c2ccccc2C32c3ccccc3-c3ccccc32)c2ccccc12. The highest BCUT2D eigenvalue weighted by molar-refractivity contribution is 6.04. The molecule has 1 fully saturated rings. The molecule has 3 heterocycles. The predicted octanol–water partition coefficient (Wildman–Crippen LogP) is 8.83. The van der Waals surface area contributed by atoms with Crippen LogP contribution in [0.3, 0.4) is 0 Å². The predicted molar refractivity (Wildman–Crippen MR) is 189 cm³/mol. The van der Waals surface area contributed by atoms with Crippen LogP contribution < -0.4 is 4.90 Å². The molecule has 1 saturated heterocycles. The lowest BCUT2D eigenvalue weighted by atomic mass is 9.70. The third-order valence-corrected chi connectivity index (χ3v) is 10.8. The maximum atomic E-state index is 5.55. The number of aromatic nitrogens is 1. The van der Waals surface area contributed by atoms with Crippen LogP contribution in [0.25, 0.3) is 44.3 Å². The van der Waals surface area contributed by atoms with E-state index in [0.29, 0.717) is 0 Å². The molecule has 10 rings (SSSR count). The van der Waals surface area contributed by atoms with Crippen molar-refractivity contribution in [2.45, 2.75) is 25.2 Å². The van der Waals surface area contributed by atoms with E-state index in [4.69, 9.17) is 9.98 Å². The summed E-state index contributed by atoms with van der Waals surface area (Å²) < 4.78 is 0. The lowest BCUT2D eigenvalue weighted by Crippen LogP contribution is -2.53. The third-order valence-electron chi connectivity index (χ3n) is 10.8. The van der Waals surface area contributed by atoms with E-state index in [1.807, 2.05) is 0 Å². The molecule has 0 bridgehead atoms. The largest absolute Gasteiger partial charge is 0.342 e. The molecular formula is C42H34N4. The summed E-state index contributed by atoms with van der Waals surface area (Å²) >= 11 is 0. The zero-order chi connectivity index (χ0) is 30.4. The first kappa shape index (κ1) is 26.0. The number of benzene rings is 5. The first-order valence-electron chi connectivity index (χ1n) is 16.7. The summed E-state index contributed by atoms with van der Waals surface area (Å²) in [6.07, 6.45) is 2.24. The van der Waals surface area contributed by atoms with Gasteiger partial charge in [0.2, 0.25) is 5.96 Å². The first-order valence-corrected chi connectivity index (χ1v) is 16.7. The Morgan fingerprint density at radius 2 is 1.17 bits per heavy atom. The summed E-state index contributed by atoms with van der Waals surface area (Å²) in [4.78, 5) is 15.4. The molecule has 6 aromatic rings. The fourth-order valence-electron chi connectivity index (χ4n) is 8.95. The first-order chi connectivity index (χ1) is 22.7. The quantitative estimate of drug-likeness (QED) is 0.200. The van der Waals surface area contributed by atoms with Crippen molar-refractivity contribution >= 4 is 22.5 Å². The number of anilines is 1. The van der Waals surface area contributed by atoms with E-state index >= 15 is 0 Å². The van der Waals surface area contributed by atoms with Crippen LogP contribution in [-0.4, -0.2) is 42.0 Å². The van der Waals surface area contributed by atoms with E-state index in [-0.39, 0.29) is 5.41 Å². The minimum Gasteiger partial charge on any atom is -0.342 e. The van der Waals surface area contributed by atoms with Crippen molar-refractivity contribution in [2.75, 3.05) is 31.1 Å². The standard InChI is InChI=1S/C42H34N4/c1-27-29-12-2-3-16-33(29)39(44-40(27)46-25-11-24-45-23-10-22-43-41(45)46)28-20-21-38-34(26-28)32-15-6-9-19-37(32)42(38)35-17-7-4-13-30(35)31-14-5-8-18-36(31)42/h2-9,12-21,26H,10-11,22-25H2,1H3. The molecule has 0 radical (unpaired) electrons. The fourth-order valence-corrected chi connectivity index (χ4v) is 8.95. The molecule has 46 heavy (non-hydrogen) atoms. The molecule has 0 atom stereocenters. The normalized spacial score (nSPS) is 16.9. The van der Waals surface area contributed by atoms with Crippen molar-refractivity contribution in [3.05, 3.63) is 143 Å². The van der Waals surface area contributed by atoms with Crippen LogP contribution in [0.2, 0.25) is 0 Å². The molecule has 0 saturated carbocycles. The molecule has 4 nitrogen and oxygen atoms in total. The van der Waals surface area contributed by atoms with Gasteiger partial charge in [-0.2, -0.15) is 0 Å². The minimum atomic E-state index is -0.331. The van der Waals surface area contributed by atoms with Crippen molar-refractivity contribution in [3.63, 3.8) is 0 Å². The van der Waals surface area contributed by atoms with Gasteiger partial charge in [0, 0.05) is 37.1 Å². The molecule has 2 aliphatic heterocycles. The number of guanidine groups is 1. The Hall–Kier alpha value is -5.22. The van der Waals surface area contributed by atoms with Gasteiger partial charge < -0.3 is 4.90 Å². The highest BCUT2D eigenvalue weighted by Gasteiger charge is 2.51. The Balaban J connectivity index is 1.22. The zero-order valence-corrected chi connectivity index (χ0v) is 26.0. The van der Waals surface area contributed by atoms with Crippen LogP contribution in [0, 0.1) is 6.92 Å². The summed E-state index contributed by atoms with van der Waals surface area (Å²) in [5.41, 5.74) is 13.8. The van der Waals surface area contributed by atoms with Gasteiger partial charge in [0.25, 0.3) is 0 Å². The fraction of sp³-hybridized carbons (Fsp3) is 0.190. The third kappa shape index (κ3) is 3.34. The van der Waals surface area contributed by atoms with Crippen molar-refractivity contribution in [1.82, 2.24) is 9.88 Å². The summed E-state index contributed by atoms with van der Waals surface area (Å²) in [6, 6.07) is 43.0. The van der Waals surface area contributed by atoms with Crippen LogP contribution in [0.1, 0.15) is 40.7 Å². The minimum absolute atomic E-state index is 0.331. The molecule has 0 N–H and O–H groups in total. The molecule has 1 aromatic heterocycles. The second kappa shape index (κ2) is 9.64. The van der Waals surface area contributed by atoms with Crippen molar-refractivity contribution < 1.29 is 0 Å². The second-order valence-electron chi connectivity index (χ2n) is 13.1. The molecular weight excluding hydrogens is 560 g/mol. The van der Waals surface area contributed by atoms with Gasteiger partial charge >= 0.3 is 0 Å². The number of aryl methyl sites for hydroxylation is 1. The van der Waals surface area contributed by atoms with Gasteiger partial charge in [0.1, 0.15) is 5.82 Å². The Kier molecular flexibility index (Phi) is 5.46. The average Bonchev–Trinajstić information content (AvgIpc) is 3.59. The van der Waals surface area contributed by atoms with Crippen molar-refractivity contribution in [2.24, 2.45) is 4.99 Å². The van der Waals surface area contributed by atoms with E-state index in [0.717, 1.165) is 62.1 Å². The maximum absolute atomic E-state index is 5.55. The van der Waals surface area contributed by atoms with E-state index in [9.17, 15) is 0 Å². The monoisotopic (exact) mass is 594 g/mol. The molecule has 4 aliphatic rings. The van der Waals surface area contributed by atoms with Crippen LogP contribution in [0.4, 0.5) is 5.82 Å². The van der Waals surface area contributed by atoms with Gasteiger partial charge in [0.15, 0.2) is 0 Å². The second-order valence-corrected chi connectivity index (χ2v) is 13.1. The van der Waals surface area contributed by atoms with Crippen molar-refractivity contribution in [3.8, 4) is 33.5 Å². The van der Waals surface area contributed by atoms with Gasteiger partial charge in [0.05, 0.1) is 11.1 Å². The Labute approximate surface area is 269 Å². The summed E-state index contributed by atoms with van der Waals surface area (Å²) in [5, 5.41) is 2.45. The van der Waals surface area contributed by atoms with Gasteiger partial charge in [-0.3, -0.25) is 9.89 Å². The number of pyridine rings is 1. The molecule has 222 valence electrons. The summed E-state index contributed by atoms with van der Waals surface area (Å²) in [5.74, 6) is 2.13. The maximum Gasteiger partial charge on any atom is 0.202 e. The number of aliphatic imine (C=N–C) groups is 1. The van der Waals surface area contributed by atoms with Gasteiger partial charge in [-0.15, -0.1) is 0 Å². The van der Waals surface area contributed by atoms with Gasteiger partial charge in [-0.1, -0.05) is 109 Å².